The zero-order chi connectivity index (χ0) is 9.14. The average molecular weight is 174 g/mol. The first kappa shape index (κ1) is 8.99. The van der Waals surface area contributed by atoms with Crippen molar-refractivity contribution >= 4 is 11.9 Å². The lowest BCUT2D eigenvalue weighted by molar-refractivity contribution is -0.145. The number of carbonyl (C=O) groups is 2. The molecule has 0 aromatic carbocycles. The molecular formula is C7H10O5. The number of carboxylic acid groups (broad SMARTS) is 1. The summed E-state index contributed by atoms with van der Waals surface area (Å²) in [6.07, 6.45) is -1.15. The summed E-state index contributed by atoms with van der Waals surface area (Å²) in [5.74, 6) is -1.70. The minimum absolute atomic E-state index is 0.311. The Hall–Kier alpha value is -1.10. The second kappa shape index (κ2) is 3.53. The van der Waals surface area contributed by atoms with Crippen LogP contribution in [0.5, 0.6) is 0 Å². The molecule has 0 aliphatic carbocycles. The highest BCUT2D eigenvalue weighted by Gasteiger charge is 2.51. The molecule has 0 aromatic rings. The Kier molecular flexibility index (Phi) is 2.65. The van der Waals surface area contributed by atoms with Crippen LogP contribution in [-0.2, 0) is 19.1 Å². The van der Waals surface area contributed by atoms with Crippen molar-refractivity contribution in [3.8, 4) is 0 Å². The van der Waals surface area contributed by atoms with Crippen LogP contribution in [-0.4, -0.2) is 35.9 Å². The zero-order valence-corrected chi connectivity index (χ0v) is 6.65. The summed E-state index contributed by atoms with van der Waals surface area (Å²) in [5.41, 5.74) is 0. The summed E-state index contributed by atoms with van der Waals surface area (Å²) in [5, 5.41) is 8.37. The quantitative estimate of drug-likeness (QED) is 0.471. The van der Waals surface area contributed by atoms with E-state index in [4.69, 9.17) is 5.11 Å². The first-order chi connectivity index (χ1) is 5.66. The predicted molar refractivity (Wildman–Crippen MR) is 37.5 cm³/mol. The molecule has 0 amide bonds. The van der Waals surface area contributed by atoms with Gasteiger partial charge in [0.15, 0.2) is 12.2 Å². The smallest absolute Gasteiger partial charge is 0.338 e. The number of esters is 1. The normalized spacial score (nSPS) is 26.4. The lowest BCUT2D eigenvalue weighted by atomic mass is 10.3. The minimum Gasteiger partial charge on any atom is -0.479 e. The Morgan fingerprint density at radius 3 is 2.58 bits per heavy atom. The number of epoxide rings is 1. The molecule has 1 heterocycles. The van der Waals surface area contributed by atoms with Crippen LogP contribution in [0.25, 0.3) is 0 Å². The molecule has 68 valence electrons. The third-order valence-electron chi connectivity index (χ3n) is 1.42. The van der Waals surface area contributed by atoms with Crippen LogP contribution in [0.2, 0.25) is 0 Å². The molecule has 5 nitrogen and oxygen atoms in total. The van der Waals surface area contributed by atoms with E-state index < -0.39 is 24.1 Å². The van der Waals surface area contributed by atoms with E-state index in [2.05, 4.69) is 9.47 Å². The predicted octanol–water partition coefficient (Wildman–Crippen LogP) is -0.208. The third-order valence-corrected chi connectivity index (χ3v) is 1.42. The van der Waals surface area contributed by atoms with E-state index in [0.717, 1.165) is 6.42 Å². The van der Waals surface area contributed by atoms with Gasteiger partial charge in [-0.1, -0.05) is 6.92 Å². The Morgan fingerprint density at radius 1 is 1.50 bits per heavy atom. The van der Waals surface area contributed by atoms with Crippen molar-refractivity contribution in [1.82, 2.24) is 0 Å². The molecule has 2 unspecified atom stereocenters. The van der Waals surface area contributed by atoms with Gasteiger partial charge in [-0.05, 0) is 6.42 Å². The van der Waals surface area contributed by atoms with Gasteiger partial charge in [0.2, 0.25) is 0 Å². The molecule has 5 heteroatoms. The van der Waals surface area contributed by atoms with E-state index in [-0.39, 0.29) is 0 Å². The van der Waals surface area contributed by atoms with Gasteiger partial charge in [0.05, 0.1) is 6.61 Å². The van der Waals surface area contributed by atoms with Crippen molar-refractivity contribution in [2.24, 2.45) is 0 Å². The fourth-order valence-corrected chi connectivity index (χ4v) is 0.764. The van der Waals surface area contributed by atoms with Gasteiger partial charge < -0.3 is 14.6 Å². The molecule has 0 spiro atoms. The minimum atomic E-state index is -1.12. The lowest BCUT2D eigenvalue weighted by Gasteiger charge is -1.97. The number of carbonyl (C=O) groups excluding carboxylic acids is 1. The summed E-state index contributed by atoms with van der Waals surface area (Å²) in [6, 6.07) is 0. The topological polar surface area (TPSA) is 76.1 Å². The molecule has 0 aromatic heterocycles. The Labute approximate surface area is 69.3 Å². The highest BCUT2D eigenvalue weighted by molar-refractivity contribution is 5.88. The first-order valence-electron chi connectivity index (χ1n) is 3.71. The molecule has 0 saturated carbocycles. The highest BCUT2D eigenvalue weighted by atomic mass is 16.7. The van der Waals surface area contributed by atoms with Crippen molar-refractivity contribution in [2.45, 2.75) is 25.6 Å². The van der Waals surface area contributed by atoms with E-state index in [1.807, 2.05) is 6.92 Å². The number of aliphatic carboxylic acids is 1. The molecule has 1 saturated heterocycles. The van der Waals surface area contributed by atoms with Crippen molar-refractivity contribution in [1.29, 1.82) is 0 Å². The van der Waals surface area contributed by atoms with Crippen LogP contribution in [0.3, 0.4) is 0 Å². The van der Waals surface area contributed by atoms with Crippen molar-refractivity contribution < 1.29 is 24.2 Å². The second-order valence-corrected chi connectivity index (χ2v) is 2.48. The fourth-order valence-electron chi connectivity index (χ4n) is 0.764. The van der Waals surface area contributed by atoms with Crippen LogP contribution in [0.15, 0.2) is 0 Å². The number of carboxylic acids is 1. The molecule has 1 N–H and O–H groups in total. The summed E-state index contributed by atoms with van der Waals surface area (Å²) in [7, 11) is 0. The average Bonchev–Trinajstić information content (AvgIpc) is 2.78. The van der Waals surface area contributed by atoms with Crippen LogP contribution in [0.1, 0.15) is 13.3 Å². The first-order valence-corrected chi connectivity index (χ1v) is 3.71. The fraction of sp³-hybridized carbons (Fsp3) is 0.714. The Bertz CT molecular complexity index is 200. The number of rotatable bonds is 4. The lowest BCUT2D eigenvalue weighted by Crippen LogP contribution is -2.18. The van der Waals surface area contributed by atoms with Crippen LogP contribution < -0.4 is 0 Å². The second-order valence-electron chi connectivity index (χ2n) is 2.48. The monoisotopic (exact) mass is 174 g/mol. The maximum absolute atomic E-state index is 10.9. The van der Waals surface area contributed by atoms with Gasteiger partial charge in [-0.3, -0.25) is 0 Å². The van der Waals surface area contributed by atoms with Gasteiger partial charge in [-0.2, -0.15) is 0 Å². The SMILES string of the molecule is CCCOC(=O)C1OC1C(=O)O. The van der Waals surface area contributed by atoms with Crippen molar-refractivity contribution in [3.63, 3.8) is 0 Å². The van der Waals surface area contributed by atoms with Crippen LogP contribution >= 0.6 is 0 Å². The number of ether oxygens (including phenoxy) is 2. The van der Waals surface area contributed by atoms with Crippen molar-refractivity contribution in [2.75, 3.05) is 6.61 Å². The van der Waals surface area contributed by atoms with Gasteiger partial charge in [-0.25, -0.2) is 9.59 Å². The maximum atomic E-state index is 10.9. The molecule has 1 aliphatic rings. The summed E-state index contributed by atoms with van der Waals surface area (Å²) in [4.78, 5) is 21.1. The van der Waals surface area contributed by atoms with E-state index in [1.54, 1.807) is 0 Å². The van der Waals surface area contributed by atoms with Gasteiger partial charge in [0.25, 0.3) is 0 Å². The van der Waals surface area contributed by atoms with E-state index in [0.29, 0.717) is 6.61 Å². The standard InChI is InChI=1S/C7H10O5/c1-2-3-11-7(10)5-4(12-5)6(8)9/h4-5H,2-3H2,1H3,(H,8,9). The molecule has 0 bridgehead atoms. The molecule has 0 radical (unpaired) electrons. The van der Waals surface area contributed by atoms with Crippen LogP contribution in [0, 0.1) is 0 Å². The Morgan fingerprint density at radius 2 is 2.17 bits per heavy atom. The molecule has 1 aliphatic heterocycles. The summed E-state index contributed by atoms with van der Waals surface area (Å²) < 4.78 is 9.23. The van der Waals surface area contributed by atoms with E-state index >= 15 is 0 Å². The van der Waals surface area contributed by atoms with Crippen molar-refractivity contribution in [3.05, 3.63) is 0 Å². The molecular weight excluding hydrogens is 164 g/mol. The molecule has 2 atom stereocenters. The summed E-state index contributed by atoms with van der Waals surface area (Å²) >= 11 is 0. The van der Waals surface area contributed by atoms with Gasteiger partial charge >= 0.3 is 11.9 Å². The number of hydrogen-bond acceptors (Lipinski definition) is 4. The molecule has 1 fully saturated rings. The maximum Gasteiger partial charge on any atom is 0.338 e. The summed E-state index contributed by atoms with van der Waals surface area (Å²) in [6.45, 7) is 2.17. The van der Waals surface area contributed by atoms with E-state index in [1.165, 1.54) is 0 Å². The molecule has 12 heavy (non-hydrogen) atoms. The largest absolute Gasteiger partial charge is 0.479 e. The number of hydrogen-bond donors (Lipinski definition) is 1. The van der Waals surface area contributed by atoms with E-state index in [9.17, 15) is 9.59 Å². The highest BCUT2D eigenvalue weighted by Crippen LogP contribution is 2.23. The third kappa shape index (κ3) is 1.94. The van der Waals surface area contributed by atoms with Gasteiger partial charge in [0, 0.05) is 0 Å². The zero-order valence-electron chi connectivity index (χ0n) is 6.65. The Balaban J connectivity index is 2.24. The molecule has 1 rings (SSSR count). The van der Waals surface area contributed by atoms with Gasteiger partial charge in [-0.15, -0.1) is 0 Å². The van der Waals surface area contributed by atoms with Crippen LogP contribution in [0.4, 0.5) is 0 Å². The van der Waals surface area contributed by atoms with Gasteiger partial charge in [0.1, 0.15) is 0 Å².